The Morgan fingerprint density at radius 1 is 1.19 bits per heavy atom. The van der Waals surface area contributed by atoms with Crippen molar-refractivity contribution in [2.45, 2.75) is 26.8 Å². The first-order valence-corrected chi connectivity index (χ1v) is 7.42. The lowest BCUT2D eigenvalue weighted by atomic mass is 10.1. The molecule has 2 aromatic heterocycles. The fourth-order valence-corrected chi connectivity index (χ4v) is 2.76. The van der Waals surface area contributed by atoms with E-state index in [9.17, 15) is 0 Å². The lowest BCUT2D eigenvalue weighted by molar-refractivity contribution is 0.199. The molecule has 0 amide bonds. The second-order valence-electron chi connectivity index (χ2n) is 5.78. The normalized spacial score (nSPS) is 11.8. The van der Waals surface area contributed by atoms with Gasteiger partial charge in [0.15, 0.2) is 0 Å². The van der Waals surface area contributed by atoms with Crippen molar-refractivity contribution in [1.29, 1.82) is 0 Å². The summed E-state index contributed by atoms with van der Waals surface area (Å²) in [6, 6.07) is 8.26. The Balaban J connectivity index is 2.25. The molecule has 0 bridgehead atoms. The monoisotopic (exact) mass is 283 g/mol. The van der Waals surface area contributed by atoms with Gasteiger partial charge in [0.1, 0.15) is 11.3 Å². The van der Waals surface area contributed by atoms with Gasteiger partial charge in [-0.1, -0.05) is 32.0 Å². The first-order valence-electron chi connectivity index (χ1n) is 7.42. The minimum Gasteiger partial charge on any atom is -0.384 e. The van der Waals surface area contributed by atoms with Crippen LogP contribution < -0.4 is 0 Å². The zero-order valence-electron chi connectivity index (χ0n) is 12.8. The molecule has 0 N–H and O–H groups in total. The maximum atomic E-state index is 5.22. The van der Waals surface area contributed by atoms with Crippen LogP contribution in [0.5, 0.6) is 0 Å². The number of nitrogens with zero attached hydrogens (tertiary/aromatic N) is 3. The largest absolute Gasteiger partial charge is 0.384 e. The van der Waals surface area contributed by atoms with E-state index in [2.05, 4.69) is 41.6 Å². The molecule has 0 spiro atoms. The fraction of sp³-hybridized carbons (Fsp3) is 0.412. The van der Waals surface area contributed by atoms with Crippen molar-refractivity contribution in [3.63, 3.8) is 0 Å². The highest BCUT2D eigenvalue weighted by Crippen LogP contribution is 2.25. The number of ether oxygens (including phenoxy) is 1. The van der Waals surface area contributed by atoms with E-state index in [-0.39, 0.29) is 0 Å². The van der Waals surface area contributed by atoms with E-state index in [1.807, 2.05) is 12.3 Å². The number of methoxy groups -OCH3 is 1. The molecule has 3 aromatic rings. The smallest absolute Gasteiger partial charge is 0.112 e. The summed E-state index contributed by atoms with van der Waals surface area (Å²) < 4.78 is 7.56. The number of pyridine rings is 1. The van der Waals surface area contributed by atoms with Crippen molar-refractivity contribution in [3.05, 3.63) is 36.3 Å². The third kappa shape index (κ3) is 2.63. The van der Waals surface area contributed by atoms with Crippen LogP contribution in [0.25, 0.3) is 21.9 Å². The number of fused-ring (bicyclic) bond motifs is 3. The molecule has 110 valence electrons. The molecule has 2 heterocycles. The number of aromatic nitrogens is 3. The lowest BCUT2D eigenvalue weighted by Crippen LogP contribution is -2.10. The van der Waals surface area contributed by atoms with Crippen LogP contribution >= 0.6 is 0 Å². The van der Waals surface area contributed by atoms with Gasteiger partial charge in [0, 0.05) is 25.5 Å². The quantitative estimate of drug-likeness (QED) is 0.720. The van der Waals surface area contributed by atoms with E-state index in [1.165, 1.54) is 10.9 Å². The Morgan fingerprint density at radius 3 is 2.76 bits per heavy atom. The van der Waals surface area contributed by atoms with Crippen LogP contribution in [0.2, 0.25) is 0 Å². The molecule has 1 aromatic carbocycles. The number of para-hydroxylation sites is 1. The van der Waals surface area contributed by atoms with Crippen molar-refractivity contribution in [2.75, 3.05) is 13.7 Å². The van der Waals surface area contributed by atoms with Gasteiger partial charge in [-0.2, -0.15) is 0 Å². The summed E-state index contributed by atoms with van der Waals surface area (Å²) in [4.78, 5) is 9.29. The molecule has 21 heavy (non-hydrogen) atoms. The highest BCUT2D eigenvalue weighted by atomic mass is 16.5. The summed E-state index contributed by atoms with van der Waals surface area (Å²) in [5.74, 6) is 1.65. The van der Waals surface area contributed by atoms with Gasteiger partial charge in [0.25, 0.3) is 0 Å². The standard InChI is InChI=1S/C17H21N3O/c1-12(2)11-20-16(8-9-21-3)19-15-10-18-14-7-5-4-6-13(14)17(15)20/h4-7,10,12H,8-9,11H2,1-3H3. The Bertz CT molecular complexity index is 761. The minimum atomic E-state index is 0.565. The molecule has 0 atom stereocenters. The Kier molecular flexibility index (Phi) is 3.88. The topological polar surface area (TPSA) is 39.9 Å². The maximum absolute atomic E-state index is 5.22. The molecule has 0 saturated carbocycles. The Hall–Kier alpha value is -1.94. The van der Waals surface area contributed by atoms with Gasteiger partial charge in [0.05, 0.1) is 23.8 Å². The number of hydrogen-bond acceptors (Lipinski definition) is 3. The van der Waals surface area contributed by atoms with Crippen LogP contribution in [0.3, 0.4) is 0 Å². The Labute approximate surface area is 124 Å². The zero-order chi connectivity index (χ0) is 14.8. The first kappa shape index (κ1) is 14.0. The van der Waals surface area contributed by atoms with Crippen molar-refractivity contribution in [1.82, 2.24) is 14.5 Å². The third-order valence-electron chi connectivity index (χ3n) is 3.64. The average Bonchev–Trinajstić information content (AvgIpc) is 2.82. The molecular formula is C17H21N3O. The van der Waals surface area contributed by atoms with E-state index in [0.29, 0.717) is 12.5 Å². The van der Waals surface area contributed by atoms with Gasteiger partial charge in [-0.25, -0.2) is 4.98 Å². The molecule has 0 saturated heterocycles. The van der Waals surface area contributed by atoms with E-state index in [1.54, 1.807) is 7.11 Å². The molecule has 0 unspecified atom stereocenters. The van der Waals surface area contributed by atoms with Gasteiger partial charge in [0.2, 0.25) is 0 Å². The predicted octanol–water partition coefficient (Wildman–Crippen LogP) is 3.43. The molecular weight excluding hydrogens is 262 g/mol. The molecule has 0 radical (unpaired) electrons. The summed E-state index contributed by atoms with van der Waals surface area (Å²) in [5.41, 5.74) is 3.19. The number of hydrogen-bond donors (Lipinski definition) is 0. The molecule has 4 nitrogen and oxygen atoms in total. The van der Waals surface area contributed by atoms with Crippen LogP contribution in [0.15, 0.2) is 30.5 Å². The van der Waals surface area contributed by atoms with Gasteiger partial charge in [-0.3, -0.25) is 4.98 Å². The number of imidazole rings is 1. The third-order valence-corrected chi connectivity index (χ3v) is 3.64. The van der Waals surface area contributed by atoms with Gasteiger partial charge >= 0.3 is 0 Å². The van der Waals surface area contributed by atoms with Crippen molar-refractivity contribution in [3.8, 4) is 0 Å². The highest BCUT2D eigenvalue weighted by Gasteiger charge is 2.14. The summed E-state index contributed by atoms with van der Waals surface area (Å²) in [6.07, 6.45) is 2.71. The second-order valence-corrected chi connectivity index (χ2v) is 5.78. The molecule has 4 heteroatoms. The summed E-state index contributed by atoms with van der Waals surface area (Å²) in [5, 5.41) is 1.17. The van der Waals surface area contributed by atoms with Crippen LogP contribution in [-0.2, 0) is 17.7 Å². The van der Waals surface area contributed by atoms with Crippen molar-refractivity contribution >= 4 is 21.9 Å². The van der Waals surface area contributed by atoms with E-state index < -0.39 is 0 Å². The fourth-order valence-electron chi connectivity index (χ4n) is 2.76. The highest BCUT2D eigenvalue weighted by molar-refractivity contribution is 6.02. The van der Waals surface area contributed by atoms with E-state index in [0.717, 1.165) is 29.8 Å². The molecule has 0 fully saturated rings. The molecule has 0 aliphatic heterocycles. The van der Waals surface area contributed by atoms with Crippen LogP contribution in [0.4, 0.5) is 0 Å². The van der Waals surface area contributed by atoms with Crippen LogP contribution in [0, 0.1) is 5.92 Å². The van der Waals surface area contributed by atoms with Gasteiger partial charge in [-0.15, -0.1) is 0 Å². The Morgan fingerprint density at radius 2 is 2.00 bits per heavy atom. The van der Waals surface area contributed by atoms with Gasteiger partial charge < -0.3 is 9.30 Å². The maximum Gasteiger partial charge on any atom is 0.112 e. The molecule has 0 aliphatic rings. The van der Waals surface area contributed by atoms with Crippen LogP contribution in [-0.4, -0.2) is 28.3 Å². The van der Waals surface area contributed by atoms with Gasteiger partial charge in [-0.05, 0) is 12.0 Å². The average molecular weight is 283 g/mol. The van der Waals surface area contributed by atoms with E-state index >= 15 is 0 Å². The van der Waals surface area contributed by atoms with Crippen molar-refractivity contribution in [2.24, 2.45) is 5.92 Å². The molecule has 0 aliphatic carbocycles. The summed E-state index contributed by atoms with van der Waals surface area (Å²) in [7, 11) is 1.73. The minimum absolute atomic E-state index is 0.565. The predicted molar refractivity (Wildman–Crippen MR) is 85.5 cm³/mol. The number of rotatable bonds is 5. The molecule has 3 rings (SSSR count). The van der Waals surface area contributed by atoms with E-state index in [4.69, 9.17) is 9.72 Å². The summed E-state index contributed by atoms with van der Waals surface area (Å²) in [6.45, 7) is 6.11. The zero-order valence-corrected chi connectivity index (χ0v) is 12.8. The van der Waals surface area contributed by atoms with Crippen LogP contribution in [0.1, 0.15) is 19.7 Å². The lowest BCUT2D eigenvalue weighted by Gasteiger charge is -2.12. The summed E-state index contributed by atoms with van der Waals surface area (Å²) >= 11 is 0. The van der Waals surface area contributed by atoms with Crippen molar-refractivity contribution < 1.29 is 4.74 Å². The number of benzene rings is 1. The SMILES string of the molecule is COCCc1nc2cnc3ccccc3c2n1CC(C)C. The first-order chi connectivity index (χ1) is 10.2. The second kappa shape index (κ2) is 5.82.